The van der Waals surface area contributed by atoms with Gasteiger partial charge in [0.25, 0.3) is 0 Å². The Bertz CT molecular complexity index is 261. The number of nitrogens with one attached hydrogen (secondary N) is 1. The van der Waals surface area contributed by atoms with Crippen LogP contribution >= 0.6 is 0 Å². The van der Waals surface area contributed by atoms with Gasteiger partial charge in [-0.1, -0.05) is 12.8 Å². The summed E-state index contributed by atoms with van der Waals surface area (Å²) in [5.74, 6) is -1.64. The zero-order valence-electron chi connectivity index (χ0n) is 8.40. The Morgan fingerprint density at radius 2 is 1.93 bits per heavy atom. The van der Waals surface area contributed by atoms with E-state index in [2.05, 4.69) is 5.32 Å². The van der Waals surface area contributed by atoms with Gasteiger partial charge in [0, 0.05) is 0 Å². The maximum Gasteiger partial charge on any atom is 0.329 e. The molecular weight excluding hydrogens is 200 g/mol. The van der Waals surface area contributed by atoms with Crippen molar-refractivity contribution in [1.29, 1.82) is 0 Å². The lowest BCUT2D eigenvalue weighted by Gasteiger charge is -2.26. The Morgan fingerprint density at radius 3 is 2.33 bits per heavy atom. The van der Waals surface area contributed by atoms with Crippen LogP contribution in [0.3, 0.4) is 0 Å². The zero-order chi connectivity index (χ0) is 11.5. The summed E-state index contributed by atoms with van der Waals surface area (Å²) in [6, 6.07) is -1.05. The fourth-order valence-electron chi connectivity index (χ4n) is 1.78. The Morgan fingerprint density at radius 1 is 1.40 bits per heavy atom. The number of aliphatic hydroxyl groups is 1. The Hall–Kier alpha value is -1.14. The molecule has 0 spiro atoms. The van der Waals surface area contributed by atoms with Crippen molar-refractivity contribution in [3.8, 4) is 0 Å². The van der Waals surface area contributed by atoms with Gasteiger partial charge in [-0.15, -0.1) is 0 Å². The monoisotopic (exact) mass is 216 g/mol. The van der Waals surface area contributed by atoms with Gasteiger partial charge in [0.1, 0.15) is 11.6 Å². The second-order valence-corrected chi connectivity index (χ2v) is 3.87. The third-order valence-electron chi connectivity index (χ3n) is 2.76. The number of amides is 1. The number of rotatable bonds is 4. The molecule has 0 bridgehead atoms. The molecule has 1 unspecified atom stereocenters. The van der Waals surface area contributed by atoms with Gasteiger partial charge in [-0.25, -0.2) is 4.79 Å². The van der Waals surface area contributed by atoms with Crippen LogP contribution < -0.4 is 11.1 Å². The topological polar surface area (TPSA) is 113 Å². The van der Waals surface area contributed by atoms with E-state index in [9.17, 15) is 9.59 Å². The van der Waals surface area contributed by atoms with Gasteiger partial charge in [-0.2, -0.15) is 0 Å². The lowest BCUT2D eigenvalue weighted by molar-refractivity contribution is -0.147. The molecule has 1 amide bonds. The molecule has 0 aromatic heterocycles. The maximum atomic E-state index is 11.4. The second kappa shape index (κ2) is 4.59. The first-order valence-corrected chi connectivity index (χ1v) is 4.94. The van der Waals surface area contributed by atoms with E-state index in [0.29, 0.717) is 12.8 Å². The molecule has 0 aromatic rings. The van der Waals surface area contributed by atoms with Crippen LogP contribution in [-0.2, 0) is 9.59 Å². The van der Waals surface area contributed by atoms with Gasteiger partial charge in [0.15, 0.2) is 0 Å². The molecule has 1 saturated carbocycles. The quantitative estimate of drug-likeness (QED) is 0.472. The van der Waals surface area contributed by atoms with Crippen molar-refractivity contribution in [2.75, 3.05) is 6.61 Å². The largest absolute Gasteiger partial charge is 0.480 e. The Labute approximate surface area is 87.5 Å². The minimum absolute atomic E-state index is 0.423. The molecule has 1 fully saturated rings. The van der Waals surface area contributed by atoms with E-state index >= 15 is 0 Å². The number of carboxylic acids is 1. The van der Waals surface area contributed by atoms with Crippen molar-refractivity contribution >= 4 is 11.9 Å². The first kappa shape index (κ1) is 11.9. The molecule has 0 aliphatic heterocycles. The van der Waals surface area contributed by atoms with Crippen molar-refractivity contribution in [1.82, 2.24) is 5.32 Å². The summed E-state index contributed by atoms with van der Waals surface area (Å²) in [5, 5.41) is 20.1. The molecule has 0 aromatic carbocycles. The molecule has 1 rings (SSSR count). The van der Waals surface area contributed by atoms with Gasteiger partial charge in [0.05, 0.1) is 6.61 Å². The maximum absolute atomic E-state index is 11.4. The van der Waals surface area contributed by atoms with Crippen molar-refractivity contribution in [3.63, 3.8) is 0 Å². The summed E-state index contributed by atoms with van der Waals surface area (Å²) in [5.41, 5.74) is 4.12. The van der Waals surface area contributed by atoms with Crippen molar-refractivity contribution in [2.24, 2.45) is 5.73 Å². The van der Waals surface area contributed by atoms with Crippen molar-refractivity contribution in [3.05, 3.63) is 0 Å². The summed E-state index contributed by atoms with van der Waals surface area (Å²) in [6.45, 7) is -0.485. The average molecular weight is 216 g/mol. The van der Waals surface area contributed by atoms with E-state index in [1.165, 1.54) is 0 Å². The number of carboxylic acid groups (broad SMARTS) is 1. The van der Waals surface area contributed by atoms with E-state index in [-0.39, 0.29) is 0 Å². The number of aliphatic hydroxyl groups excluding tert-OH is 1. The summed E-state index contributed by atoms with van der Waals surface area (Å²) in [7, 11) is 0. The highest BCUT2D eigenvalue weighted by Crippen LogP contribution is 2.29. The van der Waals surface area contributed by atoms with Crippen LogP contribution in [0.1, 0.15) is 25.7 Å². The third-order valence-corrected chi connectivity index (χ3v) is 2.76. The number of carbonyl (C=O) groups is 2. The van der Waals surface area contributed by atoms with Gasteiger partial charge in [-0.3, -0.25) is 4.79 Å². The van der Waals surface area contributed by atoms with Crippen LogP contribution in [0.25, 0.3) is 0 Å². The molecule has 0 radical (unpaired) electrons. The molecule has 1 aliphatic carbocycles. The van der Waals surface area contributed by atoms with E-state index < -0.39 is 30.1 Å². The number of hydrogen-bond donors (Lipinski definition) is 4. The summed E-state index contributed by atoms with van der Waals surface area (Å²) in [4.78, 5) is 22.4. The van der Waals surface area contributed by atoms with Crippen LogP contribution in [-0.4, -0.2) is 40.3 Å². The standard InChI is InChI=1S/C9H16N2O4/c10-6(5-12)7(13)11-9(8(14)15)3-1-2-4-9/h6,12H,1-5,10H2,(H,11,13)(H,14,15). The minimum Gasteiger partial charge on any atom is -0.480 e. The van der Waals surface area contributed by atoms with Crippen LogP contribution in [0.2, 0.25) is 0 Å². The van der Waals surface area contributed by atoms with Crippen LogP contribution in [0, 0.1) is 0 Å². The lowest BCUT2D eigenvalue weighted by Crippen LogP contribution is -2.57. The van der Waals surface area contributed by atoms with E-state index in [1.807, 2.05) is 0 Å². The van der Waals surface area contributed by atoms with Crippen molar-refractivity contribution in [2.45, 2.75) is 37.3 Å². The highest BCUT2D eigenvalue weighted by Gasteiger charge is 2.43. The van der Waals surface area contributed by atoms with Crippen molar-refractivity contribution < 1.29 is 19.8 Å². The molecule has 5 N–H and O–H groups in total. The fourth-order valence-corrected chi connectivity index (χ4v) is 1.78. The molecule has 1 atom stereocenters. The lowest BCUT2D eigenvalue weighted by atomic mass is 9.97. The molecule has 0 heterocycles. The summed E-state index contributed by atoms with van der Waals surface area (Å²) < 4.78 is 0. The number of carbonyl (C=O) groups excluding carboxylic acids is 1. The number of hydrogen-bond acceptors (Lipinski definition) is 4. The molecule has 1 aliphatic rings. The molecule has 6 nitrogen and oxygen atoms in total. The molecule has 86 valence electrons. The van der Waals surface area contributed by atoms with E-state index in [0.717, 1.165) is 12.8 Å². The van der Waals surface area contributed by atoms with E-state index in [1.54, 1.807) is 0 Å². The third kappa shape index (κ3) is 2.45. The second-order valence-electron chi connectivity index (χ2n) is 3.87. The SMILES string of the molecule is NC(CO)C(=O)NC1(C(=O)O)CCCC1. The van der Waals surface area contributed by atoms with Crippen LogP contribution in [0.4, 0.5) is 0 Å². The predicted molar refractivity (Wildman–Crippen MR) is 52.0 cm³/mol. The first-order chi connectivity index (χ1) is 7.02. The average Bonchev–Trinajstić information content (AvgIpc) is 2.66. The molecule has 0 saturated heterocycles. The van der Waals surface area contributed by atoms with Gasteiger partial charge < -0.3 is 21.3 Å². The molecular formula is C9H16N2O4. The summed E-state index contributed by atoms with van der Waals surface area (Å²) in [6.07, 6.45) is 2.40. The molecule has 15 heavy (non-hydrogen) atoms. The fraction of sp³-hybridized carbons (Fsp3) is 0.778. The Balaban J connectivity index is 2.67. The number of nitrogens with two attached hydrogens (primary N) is 1. The Kier molecular flexibility index (Phi) is 3.65. The summed E-state index contributed by atoms with van der Waals surface area (Å²) >= 11 is 0. The minimum atomic E-state index is -1.18. The smallest absolute Gasteiger partial charge is 0.329 e. The number of aliphatic carboxylic acids is 1. The highest BCUT2D eigenvalue weighted by molar-refractivity contribution is 5.89. The van der Waals surface area contributed by atoms with E-state index in [4.69, 9.17) is 15.9 Å². The predicted octanol–water partition coefficient (Wildman–Crippen LogP) is -1.18. The van der Waals surface area contributed by atoms with Gasteiger partial charge >= 0.3 is 5.97 Å². The van der Waals surface area contributed by atoms with Crippen LogP contribution in [0.15, 0.2) is 0 Å². The zero-order valence-corrected chi connectivity index (χ0v) is 8.40. The first-order valence-electron chi connectivity index (χ1n) is 4.94. The normalized spacial score (nSPS) is 20.9. The highest BCUT2D eigenvalue weighted by atomic mass is 16.4. The van der Waals surface area contributed by atoms with Gasteiger partial charge in [0.2, 0.25) is 5.91 Å². The van der Waals surface area contributed by atoms with Gasteiger partial charge in [-0.05, 0) is 12.8 Å². The molecule has 6 heteroatoms. The van der Waals surface area contributed by atoms with Crippen LogP contribution in [0.5, 0.6) is 0 Å².